The van der Waals surface area contributed by atoms with Gasteiger partial charge in [-0.2, -0.15) is 5.10 Å². The highest BCUT2D eigenvalue weighted by Crippen LogP contribution is 2.32. The van der Waals surface area contributed by atoms with E-state index in [9.17, 15) is 0 Å². The van der Waals surface area contributed by atoms with Gasteiger partial charge < -0.3 is 11.5 Å². The fourth-order valence-electron chi connectivity index (χ4n) is 2.61. The van der Waals surface area contributed by atoms with Crippen molar-refractivity contribution in [2.45, 2.75) is 31.7 Å². The van der Waals surface area contributed by atoms with Crippen LogP contribution in [-0.2, 0) is 0 Å². The number of hydrogen-bond donors (Lipinski definition) is 2. The van der Waals surface area contributed by atoms with Gasteiger partial charge in [0.25, 0.3) is 0 Å². The second-order valence-electron chi connectivity index (χ2n) is 5.22. The maximum absolute atomic E-state index is 5.83. The van der Waals surface area contributed by atoms with Crippen molar-refractivity contribution in [1.82, 2.24) is 14.8 Å². The van der Waals surface area contributed by atoms with E-state index in [2.05, 4.69) is 17.0 Å². The van der Waals surface area contributed by atoms with Crippen LogP contribution < -0.4 is 11.5 Å². The predicted octanol–water partition coefficient (Wildman–Crippen LogP) is 1.92. The van der Waals surface area contributed by atoms with Gasteiger partial charge >= 0.3 is 0 Å². The third-order valence-corrected chi connectivity index (χ3v) is 3.83. The van der Waals surface area contributed by atoms with Gasteiger partial charge in [0.2, 0.25) is 0 Å². The van der Waals surface area contributed by atoms with Crippen molar-refractivity contribution >= 4 is 5.69 Å². The van der Waals surface area contributed by atoms with Crippen LogP contribution in [0, 0.1) is 0 Å². The summed E-state index contributed by atoms with van der Waals surface area (Å²) in [4.78, 5) is 4.68. The maximum Gasteiger partial charge on any atom is 0.181 e. The molecule has 19 heavy (non-hydrogen) atoms. The Morgan fingerprint density at radius 1 is 1.26 bits per heavy atom. The van der Waals surface area contributed by atoms with E-state index in [0.717, 1.165) is 35.7 Å². The number of aromatic nitrogens is 3. The van der Waals surface area contributed by atoms with E-state index in [1.807, 2.05) is 28.9 Å². The lowest BCUT2D eigenvalue weighted by Crippen LogP contribution is -2.25. The molecule has 0 fully saturated rings. The molecule has 0 saturated heterocycles. The summed E-state index contributed by atoms with van der Waals surface area (Å²) >= 11 is 0. The minimum absolute atomic E-state index is 0.325. The minimum Gasteiger partial charge on any atom is -0.399 e. The summed E-state index contributed by atoms with van der Waals surface area (Å²) < 4.78 is 2.03. The summed E-state index contributed by atoms with van der Waals surface area (Å²) in [5.74, 6) is 2.11. The molecule has 0 radical (unpaired) electrons. The minimum atomic E-state index is 0.325. The number of nitrogens with zero attached hydrogens (tertiary/aromatic N) is 3. The Labute approximate surface area is 112 Å². The molecule has 0 amide bonds. The van der Waals surface area contributed by atoms with Gasteiger partial charge in [-0.3, -0.25) is 0 Å². The summed E-state index contributed by atoms with van der Waals surface area (Å²) in [6, 6.07) is 8.06. The van der Waals surface area contributed by atoms with Gasteiger partial charge in [-0.05, 0) is 44.0 Å². The fraction of sp³-hybridized carbons (Fsp3) is 0.429. The zero-order valence-electron chi connectivity index (χ0n) is 11.1. The lowest BCUT2D eigenvalue weighted by Gasteiger charge is -2.25. The summed E-state index contributed by atoms with van der Waals surface area (Å²) in [6.07, 6.45) is 2.21. The summed E-state index contributed by atoms with van der Waals surface area (Å²) in [7, 11) is 0. The lowest BCUT2D eigenvalue weighted by atomic mass is 9.95. The Morgan fingerprint density at radius 2 is 2.00 bits per heavy atom. The van der Waals surface area contributed by atoms with Crippen LogP contribution in [0.25, 0.3) is 11.4 Å². The quantitative estimate of drug-likeness (QED) is 0.805. The van der Waals surface area contributed by atoms with Crippen LogP contribution in [0.2, 0.25) is 0 Å². The van der Waals surface area contributed by atoms with E-state index in [1.54, 1.807) is 0 Å². The number of nitrogen functional groups attached to an aromatic ring is 1. The molecule has 1 aliphatic rings. The maximum atomic E-state index is 5.83. The average molecular weight is 257 g/mol. The topological polar surface area (TPSA) is 82.8 Å². The van der Waals surface area contributed by atoms with Crippen molar-refractivity contribution in [2.24, 2.45) is 5.73 Å². The third kappa shape index (κ3) is 2.10. The summed E-state index contributed by atoms with van der Waals surface area (Å²) in [6.45, 7) is 2.81. The van der Waals surface area contributed by atoms with Gasteiger partial charge in [-0.15, -0.1) is 0 Å². The molecular formula is C14H19N5. The van der Waals surface area contributed by atoms with E-state index in [-0.39, 0.29) is 0 Å². The van der Waals surface area contributed by atoms with Gasteiger partial charge in [0.15, 0.2) is 5.82 Å². The van der Waals surface area contributed by atoms with Crippen LogP contribution in [0.15, 0.2) is 24.3 Å². The molecule has 0 aliphatic carbocycles. The van der Waals surface area contributed by atoms with E-state index in [1.165, 1.54) is 0 Å². The number of rotatable bonds is 2. The second kappa shape index (κ2) is 4.66. The van der Waals surface area contributed by atoms with E-state index < -0.39 is 0 Å². The Morgan fingerprint density at radius 3 is 2.68 bits per heavy atom. The first-order chi connectivity index (χ1) is 9.19. The van der Waals surface area contributed by atoms with Gasteiger partial charge in [-0.1, -0.05) is 0 Å². The zero-order valence-corrected chi connectivity index (χ0v) is 11.1. The molecule has 100 valence electrons. The van der Waals surface area contributed by atoms with E-state index >= 15 is 0 Å². The molecule has 5 heteroatoms. The van der Waals surface area contributed by atoms with Crippen molar-refractivity contribution in [3.8, 4) is 11.4 Å². The van der Waals surface area contributed by atoms with Gasteiger partial charge in [-0.25, -0.2) is 9.67 Å². The van der Waals surface area contributed by atoms with Crippen LogP contribution in [0.5, 0.6) is 0 Å². The van der Waals surface area contributed by atoms with E-state index in [4.69, 9.17) is 11.5 Å². The highest BCUT2D eigenvalue weighted by atomic mass is 15.4. The third-order valence-electron chi connectivity index (χ3n) is 3.83. The molecule has 1 aliphatic heterocycles. The lowest BCUT2D eigenvalue weighted by molar-refractivity contribution is 0.349. The standard InChI is InChI=1S/C14H19N5/c1-9-2-3-11(8-15)14-17-13(18-19(9)14)10-4-6-12(16)7-5-10/h4-7,9,11H,2-3,8,15-16H2,1H3. The van der Waals surface area contributed by atoms with Gasteiger partial charge in [0, 0.05) is 23.7 Å². The highest BCUT2D eigenvalue weighted by molar-refractivity contribution is 5.58. The predicted molar refractivity (Wildman–Crippen MR) is 75.6 cm³/mol. The average Bonchev–Trinajstić information content (AvgIpc) is 2.86. The molecule has 0 spiro atoms. The smallest absolute Gasteiger partial charge is 0.181 e. The van der Waals surface area contributed by atoms with Crippen LogP contribution in [0.3, 0.4) is 0 Å². The van der Waals surface area contributed by atoms with Crippen molar-refractivity contribution in [1.29, 1.82) is 0 Å². The summed E-state index contributed by atoms with van der Waals surface area (Å²) in [5, 5.41) is 4.64. The molecule has 3 rings (SSSR count). The molecule has 1 aromatic carbocycles. The number of anilines is 1. The zero-order chi connectivity index (χ0) is 13.4. The van der Waals surface area contributed by atoms with Crippen molar-refractivity contribution in [3.05, 3.63) is 30.1 Å². The molecule has 2 aromatic rings. The molecule has 5 nitrogen and oxygen atoms in total. The molecule has 1 aromatic heterocycles. The first-order valence-corrected chi connectivity index (χ1v) is 6.71. The van der Waals surface area contributed by atoms with Gasteiger partial charge in [0.1, 0.15) is 5.82 Å². The van der Waals surface area contributed by atoms with Crippen molar-refractivity contribution in [3.63, 3.8) is 0 Å². The number of benzene rings is 1. The Kier molecular flexibility index (Phi) is 2.98. The number of nitrogens with two attached hydrogens (primary N) is 2. The van der Waals surface area contributed by atoms with E-state index in [0.29, 0.717) is 18.5 Å². The molecule has 0 saturated carbocycles. The molecule has 4 N–H and O–H groups in total. The van der Waals surface area contributed by atoms with Crippen LogP contribution in [-0.4, -0.2) is 21.3 Å². The van der Waals surface area contributed by atoms with Crippen molar-refractivity contribution < 1.29 is 0 Å². The largest absolute Gasteiger partial charge is 0.399 e. The van der Waals surface area contributed by atoms with Gasteiger partial charge in [0.05, 0.1) is 6.04 Å². The monoisotopic (exact) mass is 257 g/mol. The Bertz CT molecular complexity index is 572. The summed E-state index contributed by atoms with van der Waals surface area (Å²) in [5.41, 5.74) is 13.3. The van der Waals surface area contributed by atoms with Crippen LogP contribution in [0.1, 0.15) is 37.5 Å². The van der Waals surface area contributed by atoms with Crippen LogP contribution in [0.4, 0.5) is 5.69 Å². The number of hydrogen-bond acceptors (Lipinski definition) is 4. The first-order valence-electron chi connectivity index (χ1n) is 6.71. The molecule has 2 heterocycles. The van der Waals surface area contributed by atoms with Crippen LogP contribution >= 0.6 is 0 Å². The highest BCUT2D eigenvalue weighted by Gasteiger charge is 2.27. The molecular weight excluding hydrogens is 238 g/mol. The Balaban J connectivity index is 2.03. The fourth-order valence-corrected chi connectivity index (χ4v) is 2.61. The molecule has 0 bridgehead atoms. The molecule has 2 unspecified atom stereocenters. The second-order valence-corrected chi connectivity index (χ2v) is 5.22. The first kappa shape index (κ1) is 12.2. The SMILES string of the molecule is CC1CCC(CN)c2nc(-c3ccc(N)cc3)nn21. The van der Waals surface area contributed by atoms with Crippen molar-refractivity contribution in [2.75, 3.05) is 12.3 Å². The Hall–Kier alpha value is -1.88. The number of fused-ring (bicyclic) bond motifs is 1. The normalized spacial score (nSPS) is 22.2. The molecule has 2 atom stereocenters.